The van der Waals surface area contributed by atoms with Crippen LogP contribution in [0.25, 0.3) is 0 Å². The van der Waals surface area contributed by atoms with E-state index in [4.69, 9.17) is 17.4 Å². The van der Waals surface area contributed by atoms with Crippen LogP contribution >= 0.6 is 22.9 Å². The lowest BCUT2D eigenvalue weighted by molar-refractivity contribution is -0.138. The Labute approximate surface area is 116 Å². The standard InChI is InChI=1S/C11H9ClF3N3S/c12-9-2-1-6(3-17-9)10(18-16)7-4-19-5-8(7)11(13,14)15/h1-5,10,18H,16H2. The van der Waals surface area contributed by atoms with E-state index in [-0.39, 0.29) is 10.7 Å². The highest BCUT2D eigenvalue weighted by Crippen LogP contribution is 2.38. The first-order valence-electron chi connectivity index (χ1n) is 5.14. The molecular weight excluding hydrogens is 299 g/mol. The molecule has 2 heterocycles. The number of aromatic nitrogens is 1. The SMILES string of the molecule is NNC(c1ccc(Cl)nc1)c1cscc1C(F)(F)F. The summed E-state index contributed by atoms with van der Waals surface area (Å²) >= 11 is 6.62. The van der Waals surface area contributed by atoms with Gasteiger partial charge in [0.2, 0.25) is 0 Å². The zero-order chi connectivity index (χ0) is 14.0. The summed E-state index contributed by atoms with van der Waals surface area (Å²) in [6.07, 6.45) is -3.02. The van der Waals surface area contributed by atoms with Gasteiger partial charge in [-0.1, -0.05) is 17.7 Å². The average molecular weight is 308 g/mol. The van der Waals surface area contributed by atoms with E-state index in [9.17, 15) is 13.2 Å². The molecule has 0 aliphatic heterocycles. The number of hydrazine groups is 1. The second kappa shape index (κ2) is 5.46. The fourth-order valence-corrected chi connectivity index (χ4v) is 2.68. The highest BCUT2D eigenvalue weighted by atomic mass is 35.5. The molecule has 0 spiro atoms. The number of hydrogen-bond acceptors (Lipinski definition) is 4. The Kier molecular flexibility index (Phi) is 4.10. The Balaban J connectivity index is 2.43. The third kappa shape index (κ3) is 3.06. The van der Waals surface area contributed by atoms with Gasteiger partial charge in [0.15, 0.2) is 0 Å². The molecule has 1 atom stereocenters. The number of nitrogens with zero attached hydrogens (tertiary/aromatic N) is 1. The second-order valence-corrected chi connectivity index (χ2v) is 4.88. The van der Waals surface area contributed by atoms with Gasteiger partial charge in [0.05, 0.1) is 11.6 Å². The van der Waals surface area contributed by atoms with Gasteiger partial charge in [0.1, 0.15) is 5.15 Å². The van der Waals surface area contributed by atoms with Crippen molar-refractivity contribution in [3.63, 3.8) is 0 Å². The van der Waals surface area contributed by atoms with Crippen LogP contribution in [-0.4, -0.2) is 4.98 Å². The second-order valence-electron chi connectivity index (χ2n) is 3.75. The molecule has 1 unspecified atom stereocenters. The van der Waals surface area contributed by atoms with Crippen molar-refractivity contribution in [3.8, 4) is 0 Å². The van der Waals surface area contributed by atoms with Crippen molar-refractivity contribution in [2.75, 3.05) is 0 Å². The predicted octanol–water partition coefficient (Wildman–Crippen LogP) is 3.37. The Hall–Kier alpha value is -1.15. The largest absolute Gasteiger partial charge is 0.417 e. The van der Waals surface area contributed by atoms with Gasteiger partial charge in [-0.2, -0.15) is 24.5 Å². The molecule has 102 valence electrons. The number of rotatable bonds is 3. The number of nitrogens with one attached hydrogen (secondary N) is 1. The van der Waals surface area contributed by atoms with E-state index < -0.39 is 17.8 Å². The molecule has 2 aromatic rings. The van der Waals surface area contributed by atoms with Crippen LogP contribution in [0.15, 0.2) is 29.1 Å². The van der Waals surface area contributed by atoms with Crippen LogP contribution < -0.4 is 11.3 Å². The van der Waals surface area contributed by atoms with E-state index >= 15 is 0 Å². The lowest BCUT2D eigenvalue weighted by Gasteiger charge is -2.18. The maximum absolute atomic E-state index is 12.9. The Morgan fingerprint density at radius 1 is 1.32 bits per heavy atom. The Bertz CT molecular complexity index is 553. The molecule has 0 fully saturated rings. The highest BCUT2D eigenvalue weighted by Gasteiger charge is 2.36. The van der Waals surface area contributed by atoms with Crippen LogP contribution in [0.1, 0.15) is 22.7 Å². The first-order chi connectivity index (χ1) is 8.93. The Morgan fingerprint density at radius 2 is 2.05 bits per heavy atom. The molecule has 3 nitrogen and oxygen atoms in total. The van der Waals surface area contributed by atoms with E-state index in [0.717, 1.165) is 16.7 Å². The minimum absolute atomic E-state index is 0.0733. The number of halogens is 4. The van der Waals surface area contributed by atoms with E-state index in [1.165, 1.54) is 17.6 Å². The number of thiophene rings is 1. The number of hydrogen-bond donors (Lipinski definition) is 2. The third-order valence-electron chi connectivity index (χ3n) is 2.56. The van der Waals surface area contributed by atoms with Gasteiger partial charge in [-0.15, -0.1) is 0 Å². The lowest BCUT2D eigenvalue weighted by Crippen LogP contribution is -2.30. The van der Waals surface area contributed by atoms with E-state index in [1.807, 2.05) is 0 Å². The first kappa shape index (κ1) is 14.3. The van der Waals surface area contributed by atoms with Crippen LogP contribution in [-0.2, 0) is 6.18 Å². The van der Waals surface area contributed by atoms with Gasteiger partial charge in [-0.05, 0) is 22.6 Å². The van der Waals surface area contributed by atoms with Crippen LogP contribution in [0.5, 0.6) is 0 Å². The zero-order valence-corrected chi connectivity index (χ0v) is 11.0. The topological polar surface area (TPSA) is 50.9 Å². The fourth-order valence-electron chi connectivity index (χ4n) is 1.68. The van der Waals surface area contributed by atoms with E-state index in [2.05, 4.69) is 10.4 Å². The minimum atomic E-state index is -4.41. The molecular formula is C11H9ClF3N3S. The van der Waals surface area contributed by atoms with E-state index in [0.29, 0.717) is 5.56 Å². The first-order valence-corrected chi connectivity index (χ1v) is 6.46. The number of nitrogens with two attached hydrogens (primary N) is 1. The molecule has 2 rings (SSSR count). The number of alkyl halides is 3. The molecule has 19 heavy (non-hydrogen) atoms. The van der Waals surface area contributed by atoms with Crippen molar-refractivity contribution in [2.24, 2.45) is 5.84 Å². The van der Waals surface area contributed by atoms with Crippen molar-refractivity contribution in [2.45, 2.75) is 12.2 Å². The van der Waals surface area contributed by atoms with Crippen LogP contribution in [0.2, 0.25) is 5.15 Å². The summed E-state index contributed by atoms with van der Waals surface area (Å²) in [5, 5.41) is 2.74. The summed E-state index contributed by atoms with van der Waals surface area (Å²) in [4.78, 5) is 3.84. The quantitative estimate of drug-likeness (QED) is 0.519. The van der Waals surface area contributed by atoms with Crippen LogP contribution in [0, 0.1) is 0 Å². The summed E-state index contributed by atoms with van der Waals surface area (Å²) in [7, 11) is 0. The monoisotopic (exact) mass is 307 g/mol. The highest BCUT2D eigenvalue weighted by molar-refractivity contribution is 7.08. The van der Waals surface area contributed by atoms with Crippen LogP contribution in [0.4, 0.5) is 13.2 Å². The summed E-state index contributed by atoms with van der Waals surface area (Å²) in [5.74, 6) is 5.37. The van der Waals surface area contributed by atoms with E-state index in [1.54, 1.807) is 6.07 Å². The molecule has 0 aliphatic carbocycles. The molecule has 0 amide bonds. The molecule has 0 radical (unpaired) electrons. The molecule has 0 saturated carbocycles. The van der Waals surface area contributed by atoms with Crippen molar-refractivity contribution in [3.05, 3.63) is 50.9 Å². The van der Waals surface area contributed by atoms with Crippen molar-refractivity contribution in [1.82, 2.24) is 10.4 Å². The molecule has 0 aliphatic rings. The average Bonchev–Trinajstić information content (AvgIpc) is 2.81. The maximum atomic E-state index is 12.9. The van der Waals surface area contributed by atoms with Gasteiger partial charge in [0, 0.05) is 11.6 Å². The minimum Gasteiger partial charge on any atom is -0.271 e. The third-order valence-corrected chi connectivity index (χ3v) is 3.54. The molecule has 2 aromatic heterocycles. The molecule has 0 aromatic carbocycles. The smallest absolute Gasteiger partial charge is 0.271 e. The van der Waals surface area contributed by atoms with Gasteiger partial charge in [0.25, 0.3) is 0 Å². The molecule has 3 N–H and O–H groups in total. The van der Waals surface area contributed by atoms with Gasteiger partial charge >= 0.3 is 6.18 Å². The Morgan fingerprint density at radius 3 is 2.58 bits per heavy atom. The summed E-state index contributed by atoms with van der Waals surface area (Å²) in [5.41, 5.74) is 2.26. The van der Waals surface area contributed by atoms with Gasteiger partial charge < -0.3 is 0 Å². The van der Waals surface area contributed by atoms with Crippen molar-refractivity contribution >= 4 is 22.9 Å². The maximum Gasteiger partial charge on any atom is 0.417 e. The van der Waals surface area contributed by atoms with Gasteiger partial charge in [-0.25, -0.2) is 10.4 Å². The van der Waals surface area contributed by atoms with Crippen molar-refractivity contribution in [1.29, 1.82) is 0 Å². The molecule has 8 heteroatoms. The zero-order valence-electron chi connectivity index (χ0n) is 9.41. The lowest BCUT2D eigenvalue weighted by atomic mass is 10.00. The molecule has 0 saturated heterocycles. The summed E-state index contributed by atoms with van der Waals surface area (Å²) in [6.45, 7) is 0. The fraction of sp³-hybridized carbons (Fsp3) is 0.182. The normalized spacial score (nSPS) is 13.5. The number of pyridine rings is 1. The van der Waals surface area contributed by atoms with Crippen molar-refractivity contribution < 1.29 is 13.2 Å². The van der Waals surface area contributed by atoms with Crippen LogP contribution in [0.3, 0.4) is 0 Å². The summed E-state index contributed by atoms with van der Waals surface area (Å²) < 4.78 is 38.6. The predicted molar refractivity (Wildman–Crippen MR) is 67.7 cm³/mol. The molecule has 0 bridgehead atoms. The van der Waals surface area contributed by atoms with Gasteiger partial charge in [-0.3, -0.25) is 5.84 Å². The summed E-state index contributed by atoms with van der Waals surface area (Å²) in [6, 6.07) is 2.30.